The second kappa shape index (κ2) is 6.81. The van der Waals surface area contributed by atoms with Crippen LogP contribution in [-0.2, 0) is 22.4 Å². The van der Waals surface area contributed by atoms with Gasteiger partial charge in [0, 0.05) is 5.56 Å². The summed E-state index contributed by atoms with van der Waals surface area (Å²) in [6.45, 7) is 2.71. The zero-order chi connectivity index (χ0) is 18.8. The molecular weight excluding hydrogens is 343 g/mol. The summed E-state index contributed by atoms with van der Waals surface area (Å²) in [4.78, 5) is 20.2. The molecule has 0 saturated heterocycles. The van der Waals surface area contributed by atoms with Crippen LogP contribution in [0, 0.1) is 0 Å². The molecule has 2 rings (SSSR count). The summed E-state index contributed by atoms with van der Waals surface area (Å²) < 4.78 is 41.6. The van der Waals surface area contributed by atoms with Crippen LogP contribution in [0.15, 0.2) is 28.8 Å². The molecule has 1 amide bonds. The molecule has 0 unspecified atom stereocenters. The first-order valence-electron chi connectivity index (χ1n) is 7.11. The standard InChI is InChI=1S/C15H16F3N3O4/c1-14(2,23)13(22)21(24-3)8-9-4-6-10(7-5-9)11-19-12(25-20-11)15(16,17)18/h4-7,23H,8H2,1-3H3. The van der Waals surface area contributed by atoms with Crippen LogP contribution in [0.4, 0.5) is 13.2 Å². The molecule has 0 saturated carbocycles. The Balaban J connectivity index is 2.14. The van der Waals surface area contributed by atoms with Crippen LogP contribution in [0.2, 0.25) is 0 Å². The number of hydroxylamine groups is 2. The minimum atomic E-state index is -4.71. The number of hydrogen-bond acceptors (Lipinski definition) is 6. The maximum atomic E-state index is 12.5. The predicted molar refractivity (Wildman–Crippen MR) is 78.6 cm³/mol. The fraction of sp³-hybridized carbons (Fsp3) is 0.400. The lowest BCUT2D eigenvalue weighted by molar-refractivity contribution is -0.195. The molecule has 1 aromatic heterocycles. The molecule has 0 aliphatic rings. The quantitative estimate of drug-likeness (QED) is 0.825. The van der Waals surface area contributed by atoms with Crippen molar-refractivity contribution in [1.82, 2.24) is 15.2 Å². The van der Waals surface area contributed by atoms with E-state index in [-0.39, 0.29) is 12.4 Å². The van der Waals surface area contributed by atoms with E-state index in [1.54, 1.807) is 12.1 Å². The van der Waals surface area contributed by atoms with Crippen LogP contribution in [0.25, 0.3) is 11.4 Å². The number of amides is 1. The minimum Gasteiger partial charge on any atom is -0.381 e. The molecule has 0 atom stereocenters. The third-order valence-electron chi connectivity index (χ3n) is 3.18. The van der Waals surface area contributed by atoms with Crippen LogP contribution in [0.1, 0.15) is 25.3 Å². The topological polar surface area (TPSA) is 88.7 Å². The molecule has 1 N–H and O–H groups in total. The Morgan fingerprint density at radius 3 is 2.32 bits per heavy atom. The number of benzene rings is 1. The van der Waals surface area contributed by atoms with E-state index in [0.29, 0.717) is 11.1 Å². The number of hydrogen-bond donors (Lipinski definition) is 1. The lowest BCUT2D eigenvalue weighted by atomic mass is 10.1. The van der Waals surface area contributed by atoms with Gasteiger partial charge >= 0.3 is 12.1 Å². The molecule has 2 aromatic rings. The fourth-order valence-corrected chi connectivity index (χ4v) is 1.91. The van der Waals surface area contributed by atoms with E-state index < -0.39 is 23.6 Å². The molecule has 0 radical (unpaired) electrons. The van der Waals surface area contributed by atoms with Gasteiger partial charge < -0.3 is 9.63 Å². The van der Waals surface area contributed by atoms with Crippen molar-refractivity contribution in [2.75, 3.05) is 7.11 Å². The van der Waals surface area contributed by atoms with E-state index in [9.17, 15) is 23.1 Å². The Kier molecular flexibility index (Phi) is 5.14. The van der Waals surface area contributed by atoms with Crippen molar-refractivity contribution in [2.45, 2.75) is 32.2 Å². The van der Waals surface area contributed by atoms with Crippen molar-refractivity contribution in [3.8, 4) is 11.4 Å². The van der Waals surface area contributed by atoms with Crippen molar-refractivity contribution >= 4 is 5.91 Å². The highest BCUT2D eigenvalue weighted by Crippen LogP contribution is 2.29. The minimum absolute atomic E-state index is 0.0413. The summed E-state index contributed by atoms with van der Waals surface area (Å²) in [7, 11) is 1.29. The first-order valence-corrected chi connectivity index (χ1v) is 7.11. The first kappa shape index (κ1) is 18.9. The predicted octanol–water partition coefficient (Wildman–Crippen LogP) is 2.42. The molecule has 0 bridgehead atoms. The molecule has 0 spiro atoms. The zero-order valence-electron chi connectivity index (χ0n) is 13.7. The summed E-state index contributed by atoms with van der Waals surface area (Å²) in [6, 6.07) is 6.12. The normalized spacial score (nSPS) is 12.3. The highest BCUT2D eigenvalue weighted by atomic mass is 19.4. The summed E-state index contributed by atoms with van der Waals surface area (Å²) in [5, 5.41) is 14.0. The molecule has 0 aliphatic carbocycles. The van der Waals surface area contributed by atoms with Gasteiger partial charge in [0.05, 0.1) is 13.7 Å². The van der Waals surface area contributed by atoms with E-state index >= 15 is 0 Å². The molecule has 0 fully saturated rings. The second-order valence-corrected chi connectivity index (χ2v) is 5.70. The van der Waals surface area contributed by atoms with E-state index in [2.05, 4.69) is 14.7 Å². The van der Waals surface area contributed by atoms with Gasteiger partial charge in [-0.05, 0) is 19.4 Å². The maximum absolute atomic E-state index is 12.5. The molecule has 10 heteroatoms. The first-order chi connectivity index (χ1) is 11.5. The summed E-state index contributed by atoms with van der Waals surface area (Å²) in [5.74, 6) is -2.25. The molecule has 25 heavy (non-hydrogen) atoms. The van der Waals surface area contributed by atoms with Gasteiger partial charge in [0.15, 0.2) is 0 Å². The molecule has 7 nitrogen and oxygen atoms in total. The number of carbonyl (C=O) groups is 1. The van der Waals surface area contributed by atoms with Gasteiger partial charge in [-0.3, -0.25) is 9.63 Å². The zero-order valence-corrected chi connectivity index (χ0v) is 13.7. The average Bonchev–Trinajstić information content (AvgIpc) is 3.02. The Morgan fingerprint density at radius 2 is 1.88 bits per heavy atom. The smallest absolute Gasteiger partial charge is 0.381 e. The van der Waals surface area contributed by atoms with Gasteiger partial charge in [-0.25, -0.2) is 5.06 Å². The third-order valence-corrected chi connectivity index (χ3v) is 3.18. The molecule has 1 heterocycles. The highest BCUT2D eigenvalue weighted by Gasteiger charge is 2.38. The van der Waals surface area contributed by atoms with Crippen LogP contribution in [0.5, 0.6) is 0 Å². The van der Waals surface area contributed by atoms with Crippen molar-refractivity contribution in [3.05, 3.63) is 35.7 Å². The van der Waals surface area contributed by atoms with E-state index in [1.807, 2.05) is 0 Å². The number of halogens is 3. The van der Waals surface area contributed by atoms with E-state index in [4.69, 9.17) is 4.84 Å². The number of alkyl halides is 3. The maximum Gasteiger partial charge on any atom is 0.471 e. The Bertz CT molecular complexity index is 736. The largest absolute Gasteiger partial charge is 0.471 e. The van der Waals surface area contributed by atoms with Crippen molar-refractivity contribution in [1.29, 1.82) is 0 Å². The Hall–Kier alpha value is -2.46. The van der Waals surface area contributed by atoms with Crippen molar-refractivity contribution in [3.63, 3.8) is 0 Å². The molecule has 0 aliphatic heterocycles. The molecule has 136 valence electrons. The van der Waals surface area contributed by atoms with Crippen LogP contribution in [0.3, 0.4) is 0 Å². The second-order valence-electron chi connectivity index (χ2n) is 5.70. The van der Waals surface area contributed by atoms with Gasteiger partial charge in [-0.15, -0.1) is 0 Å². The summed E-state index contributed by atoms with van der Waals surface area (Å²) in [6.07, 6.45) is -4.71. The molecular formula is C15H16F3N3O4. The summed E-state index contributed by atoms with van der Waals surface area (Å²) in [5.41, 5.74) is -0.655. The van der Waals surface area contributed by atoms with Gasteiger partial charge in [-0.2, -0.15) is 18.2 Å². The van der Waals surface area contributed by atoms with Gasteiger partial charge in [0.1, 0.15) is 5.60 Å². The number of aliphatic hydroxyl groups is 1. The monoisotopic (exact) mass is 359 g/mol. The highest BCUT2D eigenvalue weighted by molar-refractivity contribution is 5.83. The fourth-order valence-electron chi connectivity index (χ4n) is 1.91. The van der Waals surface area contributed by atoms with Crippen molar-refractivity contribution in [2.24, 2.45) is 0 Å². The van der Waals surface area contributed by atoms with E-state index in [1.165, 1.54) is 33.1 Å². The number of nitrogens with zero attached hydrogens (tertiary/aromatic N) is 3. The van der Waals surface area contributed by atoms with Crippen LogP contribution >= 0.6 is 0 Å². The van der Waals surface area contributed by atoms with Crippen LogP contribution < -0.4 is 0 Å². The van der Waals surface area contributed by atoms with E-state index in [0.717, 1.165) is 5.06 Å². The number of aromatic nitrogens is 2. The SMILES string of the molecule is CON(Cc1ccc(-c2noc(C(F)(F)F)n2)cc1)C(=O)C(C)(C)O. The Morgan fingerprint density at radius 1 is 1.28 bits per heavy atom. The number of rotatable bonds is 5. The van der Waals surface area contributed by atoms with Crippen molar-refractivity contribution < 1.29 is 32.4 Å². The van der Waals surface area contributed by atoms with Gasteiger partial charge in [0.2, 0.25) is 5.82 Å². The van der Waals surface area contributed by atoms with Gasteiger partial charge in [0.25, 0.3) is 5.91 Å². The lowest BCUT2D eigenvalue weighted by Gasteiger charge is -2.26. The molecule has 1 aromatic carbocycles. The summed E-state index contributed by atoms with van der Waals surface area (Å²) >= 11 is 0. The van der Waals surface area contributed by atoms with Crippen LogP contribution in [-0.4, -0.2) is 38.9 Å². The lowest BCUT2D eigenvalue weighted by Crippen LogP contribution is -2.44. The third kappa shape index (κ3) is 4.54. The number of carbonyl (C=O) groups excluding carboxylic acids is 1. The van der Waals surface area contributed by atoms with Gasteiger partial charge in [-0.1, -0.05) is 29.4 Å². The Labute approximate surface area is 141 Å². The average molecular weight is 359 g/mol.